The van der Waals surface area contributed by atoms with Gasteiger partial charge in [-0.05, 0) is 35.9 Å². The predicted octanol–water partition coefficient (Wildman–Crippen LogP) is 4.53. The van der Waals surface area contributed by atoms with Crippen LogP contribution in [0.15, 0.2) is 46.9 Å². The first-order valence-corrected chi connectivity index (χ1v) is 6.85. The Kier molecular flexibility index (Phi) is 5.12. The van der Waals surface area contributed by atoms with E-state index in [1.54, 1.807) is 24.3 Å². The van der Waals surface area contributed by atoms with Gasteiger partial charge in [-0.25, -0.2) is 0 Å². The highest BCUT2D eigenvalue weighted by molar-refractivity contribution is 9.10. The summed E-state index contributed by atoms with van der Waals surface area (Å²) >= 11 is 3.31. The van der Waals surface area contributed by atoms with Crippen LogP contribution >= 0.6 is 15.9 Å². The molecule has 0 saturated heterocycles. The van der Waals surface area contributed by atoms with E-state index < -0.39 is 6.61 Å². The average molecular weight is 353 g/mol. The number of alkyl halides is 2. The summed E-state index contributed by atoms with van der Waals surface area (Å²) in [5.74, 6) is 0.120. The third-order valence-electron chi connectivity index (χ3n) is 2.73. The summed E-state index contributed by atoms with van der Waals surface area (Å²) < 4.78 is 29.2. The zero-order valence-corrected chi connectivity index (χ0v) is 12.4. The van der Waals surface area contributed by atoms with Gasteiger partial charge in [0.05, 0.1) is 11.3 Å². The quantitative estimate of drug-likeness (QED) is 0.859. The third-order valence-corrected chi connectivity index (χ3v) is 3.23. The molecule has 0 aliphatic carbocycles. The lowest BCUT2D eigenvalue weighted by atomic mass is 10.1. The van der Waals surface area contributed by atoms with Crippen LogP contribution in [-0.4, -0.2) is 6.61 Å². The van der Waals surface area contributed by atoms with Crippen molar-refractivity contribution in [2.45, 2.75) is 13.2 Å². The monoisotopic (exact) mass is 352 g/mol. The van der Waals surface area contributed by atoms with Gasteiger partial charge in [0.15, 0.2) is 0 Å². The highest BCUT2D eigenvalue weighted by atomic mass is 79.9. The van der Waals surface area contributed by atoms with E-state index in [-0.39, 0.29) is 5.75 Å². The predicted molar refractivity (Wildman–Crippen MR) is 79.3 cm³/mol. The number of hydrogen-bond acceptors (Lipinski definition) is 3. The van der Waals surface area contributed by atoms with Gasteiger partial charge in [-0.1, -0.05) is 28.1 Å². The first-order valence-electron chi connectivity index (χ1n) is 6.06. The Labute approximate surface area is 129 Å². The van der Waals surface area contributed by atoms with Gasteiger partial charge in [-0.2, -0.15) is 14.0 Å². The Balaban J connectivity index is 2.02. The van der Waals surface area contributed by atoms with E-state index in [1.807, 2.05) is 6.07 Å². The summed E-state index contributed by atoms with van der Waals surface area (Å²) in [5.41, 5.74) is 2.14. The molecule has 0 saturated carbocycles. The van der Waals surface area contributed by atoms with Crippen molar-refractivity contribution in [3.05, 3.63) is 58.1 Å². The Morgan fingerprint density at radius 3 is 2.52 bits per heavy atom. The zero-order chi connectivity index (χ0) is 15.2. The highest BCUT2D eigenvalue weighted by Crippen LogP contribution is 2.21. The van der Waals surface area contributed by atoms with Crippen molar-refractivity contribution in [3.63, 3.8) is 0 Å². The molecule has 108 valence electrons. The minimum Gasteiger partial charge on any atom is -0.435 e. The van der Waals surface area contributed by atoms with Crippen LogP contribution in [0.2, 0.25) is 0 Å². The van der Waals surface area contributed by atoms with Crippen LogP contribution in [0.1, 0.15) is 11.1 Å². The molecule has 0 aromatic heterocycles. The second-order valence-corrected chi connectivity index (χ2v) is 5.09. The maximum Gasteiger partial charge on any atom is 0.387 e. The number of ether oxygens (including phenoxy) is 1. The number of rotatable bonds is 5. The van der Waals surface area contributed by atoms with E-state index in [4.69, 9.17) is 5.26 Å². The number of hydrogen-bond donors (Lipinski definition) is 1. The van der Waals surface area contributed by atoms with Gasteiger partial charge in [0.25, 0.3) is 0 Å². The fraction of sp³-hybridized carbons (Fsp3) is 0.133. The summed E-state index contributed by atoms with van der Waals surface area (Å²) in [5, 5.41) is 12.2. The SMILES string of the molecule is N#Cc1cc(Br)ccc1NCc1ccc(OC(F)F)cc1. The van der Waals surface area contributed by atoms with Gasteiger partial charge >= 0.3 is 6.61 Å². The van der Waals surface area contributed by atoms with Gasteiger partial charge in [0, 0.05) is 11.0 Å². The lowest BCUT2D eigenvalue weighted by molar-refractivity contribution is -0.0498. The molecule has 2 rings (SSSR count). The number of halogens is 3. The van der Waals surface area contributed by atoms with Crippen LogP contribution in [0.5, 0.6) is 5.75 Å². The first kappa shape index (κ1) is 15.3. The van der Waals surface area contributed by atoms with E-state index >= 15 is 0 Å². The van der Waals surface area contributed by atoms with Crippen LogP contribution in [0, 0.1) is 11.3 Å². The van der Waals surface area contributed by atoms with Crippen molar-refractivity contribution in [3.8, 4) is 11.8 Å². The average Bonchev–Trinajstić information content (AvgIpc) is 2.46. The molecule has 0 aliphatic rings. The first-order chi connectivity index (χ1) is 10.1. The molecule has 0 heterocycles. The Morgan fingerprint density at radius 2 is 1.90 bits per heavy atom. The van der Waals surface area contributed by atoms with Gasteiger partial charge in [-0.3, -0.25) is 0 Å². The maximum atomic E-state index is 12.0. The Hall–Kier alpha value is -2.13. The molecule has 0 radical (unpaired) electrons. The molecule has 1 N–H and O–H groups in total. The molecule has 0 unspecified atom stereocenters. The van der Waals surface area contributed by atoms with Crippen LogP contribution in [-0.2, 0) is 6.54 Å². The molecule has 6 heteroatoms. The molecule has 21 heavy (non-hydrogen) atoms. The molecule has 0 atom stereocenters. The summed E-state index contributed by atoms with van der Waals surface area (Å²) in [6, 6.07) is 13.8. The van der Waals surface area contributed by atoms with Gasteiger partial charge in [0.1, 0.15) is 11.8 Å². The summed E-state index contributed by atoms with van der Waals surface area (Å²) in [6.45, 7) is -2.35. The second kappa shape index (κ2) is 7.04. The highest BCUT2D eigenvalue weighted by Gasteiger charge is 2.05. The molecule has 0 aliphatic heterocycles. The smallest absolute Gasteiger partial charge is 0.387 e. The molecule has 2 aromatic rings. The van der Waals surface area contributed by atoms with Crippen molar-refractivity contribution in [2.24, 2.45) is 0 Å². The number of anilines is 1. The van der Waals surface area contributed by atoms with Crippen molar-refractivity contribution >= 4 is 21.6 Å². The van der Waals surface area contributed by atoms with E-state index in [2.05, 4.69) is 32.1 Å². The lowest BCUT2D eigenvalue weighted by Gasteiger charge is -2.09. The minimum absolute atomic E-state index is 0.120. The molecule has 3 nitrogen and oxygen atoms in total. The largest absolute Gasteiger partial charge is 0.435 e. The van der Waals surface area contributed by atoms with Crippen molar-refractivity contribution in [1.82, 2.24) is 0 Å². The molecule has 0 bridgehead atoms. The van der Waals surface area contributed by atoms with E-state index in [0.717, 1.165) is 10.0 Å². The normalized spacial score (nSPS) is 10.2. The third kappa shape index (κ3) is 4.43. The fourth-order valence-electron chi connectivity index (χ4n) is 1.75. The van der Waals surface area contributed by atoms with Crippen molar-refractivity contribution in [2.75, 3.05) is 5.32 Å². The number of nitrogens with one attached hydrogen (secondary N) is 1. The summed E-state index contributed by atoms with van der Waals surface area (Å²) in [7, 11) is 0. The number of nitriles is 1. The van der Waals surface area contributed by atoms with E-state index in [1.165, 1.54) is 12.1 Å². The molecular weight excluding hydrogens is 342 g/mol. The van der Waals surface area contributed by atoms with Crippen LogP contribution in [0.25, 0.3) is 0 Å². The van der Waals surface area contributed by atoms with Gasteiger partial charge in [0.2, 0.25) is 0 Å². The number of benzene rings is 2. The molecule has 0 amide bonds. The summed E-state index contributed by atoms with van der Waals surface area (Å²) in [4.78, 5) is 0. The van der Waals surface area contributed by atoms with Gasteiger partial charge in [-0.15, -0.1) is 0 Å². The molecule has 0 spiro atoms. The molecular formula is C15H11BrF2N2O. The van der Waals surface area contributed by atoms with Crippen LogP contribution in [0.4, 0.5) is 14.5 Å². The zero-order valence-electron chi connectivity index (χ0n) is 10.8. The fourth-order valence-corrected chi connectivity index (χ4v) is 2.11. The summed E-state index contributed by atoms with van der Waals surface area (Å²) in [6.07, 6.45) is 0. The van der Waals surface area contributed by atoms with Gasteiger partial charge < -0.3 is 10.1 Å². The van der Waals surface area contributed by atoms with E-state index in [9.17, 15) is 8.78 Å². The minimum atomic E-state index is -2.82. The second-order valence-electron chi connectivity index (χ2n) is 4.18. The van der Waals surface area contributed by atoms with Crippen molar-refractivity contribution in [1.29, 1.82) is 5.26 Å². The van der Waals surface area contributed by atoms with Crippen LogP contribution in [0.3, 0.4) is 0 Å². The Bertz CT molecular complexity index is 654. The molecule has 0 fully saturated rings. The number of nitrogens with zero attached hydrogens (tertiary/aromatic N) is 1. The maximum absolute atomic E-state index is 12.0. The topological polar surface area (TPSA) is 45.0 Å². The molecule has 2 aromatic carbocycles. The Morgan fingerprint density at radius 1 is 1.19 bits per heavy atom. The lowest BCUT2D eigenvalue weighted by Crippen LogP contribution is -2.03. The van der Waals surface area contributed by atoms with Crippen molar-refractivity contribution < 1.29 is 13.5 Å². The van der Waals surface area contributed by atoms with Crippen LogP contribution < -0.4 is 10.1 Å². The standard InChI is InChI=1S/C15H11BrF2N2O/c16-12-3-6-14(11(7-12)8-19)20-9-10-1-4-13(5-2-10)21-15(17)18/h1-7,15,20H,9H2. The van der Waals surface area contributed by atoms with E-state index in [0.29, 0.717) is 17.8 Å².